The summed E-state index contributed by atoms with van der Waals surface area (Å²) >= 11 is 5.37. The molecule has 1 amide bonds. The lowest BCUT2D eigenvalue weighted by molar-refractivity contribution is 0.0757. The second-order valence-corrected chi connectivity index (χ2v) is 6.82. The minimum absolute atomic E-state index is 0.0324. The van der Waals surface area contributed by atoms with E-state index in [1.807, 2.05) is 39.8 Å². The Bertz CT molecular complexity index is 775. The lowest BCUT2D eigenvalue weighted by Crippen LogP contribution is -2.33. The molecule has 0 radical (unpaired) electrons. The van der Waals surface area contributed by atoms with Gasteiger partial charge < -0.3 is 14.6 Å². The highest BCUT2D eigenvalue weighted by molar-refractivity contribution is 7.71. The van der Waals surface area contributed by atoms with E-state index in [0.29, 0.717) is 10.5 Å². The number of aromatic nitrogens is 2. The van der Waals surface area contributed by atoms with Crippen molar-refractivity contribution in [2.45, 2.75) is 12.8 Å². The first-order valence-corrected chi connectivity index (χ1v) is 8.32. The molecule has 1 aromatic heterocycles. The molecule has 23 heavy (non-hydrogen) atoms. The summed E-state index contributed by atoms with van der Waals surface area (Å²) in [7, 11) is 0. The molecule has 0 bridgehead atoms. The molecule has 2 aliphatic rings. The van der Waals surface area contributed by atoms with Crippen molar-refractivity contribution in [3.63, 3.8) is 0 Å². The summed E-state index contributed by atoms with van der Waals surface area (Å²) in [5, 5.41) is 0. The number of benzene rings is 1. The molecule has 1 unspecified atom stereocenters. The topological polar surface area (TPSA) is 50.3 Å². The third-order valence-electron chi connectivity index (χ3n) is 4.92. The van der Waals surface area contributed by atoms with Crippen LogP contribution in [0, 0.1) is 10.2 Å². The Kier molecular flexibility index (Phi) is 3.58. The molecule has 0 saturated carbocycles. The molecular formula is C17H19N3O2S. The monoisotopic (exact) mass is 329 g/mol. The summed E-state index contributed by atoms with van der Waals surface area (Å²) < 4.78 is 7.90. The zero-order valence-corrected chi connectivity index (χ0v) is 13.6. The summed E-state index contributed by atoms with van der Waals surface area (Å²) in [6.45, 7) is 3.15. The Hall–Kier alpha value is -1.92. The number of imidazole rings is 1. The van der Waals surface area contributed by atoms with Crippen LogP contribution in [0.3, 0.4) is 0 Å². The molecule has 2 fully saturated rings. The molecule has 1 spiro atoms. The molecule has 4 rings (SSSR count). The molecule has 2 saturated heterocycles. The maximum atomic E-state index is 13.0. The largest absolute Gasteiger partial charge is 0.381 e. The van der Waals surface area contributed by atoms with Crippen LogP contribution in [0.2, 0.25) is 0 Å². The van der Waals surface area contributed by atoms with Crippen LogP contribution in [0.25, 0.3) is 5.69 Å². The Balaban J connectivity index is 1.64. The number of aromatic amines is 1. The van der Waals surface area contributed by atoms with E-state index in [4.69, 9.17) is 17.0 Å². The number of carbonyl (C=O) groups is 1. The van der Waals surface area contributed by atoms with Crippen LogP contribution in [0.1, 0.15) is 23.3 Å². The number of nitrogens with zero attached hydrogens (tertiary/aromatic N) is 2. The number of para-hydroxylation sites is 1. The zero-order valence-electron chi connectivity index (χ0n) is 12.8. The molecule has 1 atom stereocenters. The maximum Gasteiger partial charge on any atom is 0.272 e. The number of likely N-dealkylation sites (tertiary alicyclic amines) is 1. The average Bonchev–Trinajstić information content (AvgIpc) is 3.29. The fourth-order valence-electron chi connectivity index (χ4n) is 3.60. The van der Waals surface area contributed by atoms with E-state index >= 15 is 0 Å². The lowest BCUT2D eigenvalue weighted by atomic mass is 9.87. The van der Waals surface area contributed by atoms with Crippen LogP contribution in [0.4, 0.5) is 0 Å². The number of H-pyrrole nitrogens is 1. The highest BCUT2D eigenvalue weighted by Gasteiger charge is 2.43. The number of hydrogen-bond acceptors (Lipinski definition) is 3. The van der Waals surface area contributed by atoms with Gasteiger partial charge in [0, 0.05) is 37.0 Å². The molecule has 6 heteroatoms. The Morgan fingerprint density at radius 2 is 2.09 bits per heavy atom. The minimum atomic E-state index is 0.0324. The van der Waals surface area contributed by atoms with Crippen molar-refractivity contribution in [1.29, 1.82) is 0 Å². The van der Waals surface area contributed by atoms with Crippen molar-refractivity contribution in [3.8, 4) is 5.69 Å². The third-order valence-corrected chi connectivity index (χ3v) is 5.22. The number of rotatable bonds is 2. The van der Waals surface area contributed by atoms with E-state index in [0.717, 1.165) is 44.8 Å². The van der Waals surface area contributed by atoms with Crippen molar-refractivity contribution < 1.29 is 9.53 Å². The van der Waals surface area contributed by atoms with Gasteiger partial charge in [0.05, 0.1) is 6.61 Å². The molecule has 2 aromatic rings. The van der Waals surface area contributed by atoms with Gasteiger partial charge in [-0.05, 0) is 37.2 Å². The number of ether oxygens (including phenoxy) is 1. The highest BCUT2D eigenvalue weighted by atomic mass is 32.1. The van der Waals surface area contributed by atoms with E-state index in [-0.39, 0.29) is 11.3 Å². The van der Waals surface area contributed by atoms with Crippen molar-refractivity contribution in [2.24, 2.45) is 5.41 Å². The van der Waals surface area contributed by atoms with Crippen molar-refractivity contribution in [1.82, 2.24) is 14.5 Å². The molecule has 5 nitrogen and oxygen atoms in total. The number of carbonyl (C=O) groups excluding carboxylic acids is 1. The summed E-state index contributed by atoms with van der Waals surface area (Å²) in [4.78, 5) is 17.9. The summed E-state index contributed by atoms with van der Waals surface area (Å²) in [6, 6.07) is 9.75. The molecule has 2 aliphatic heterocycles. The van der Waals surface area contributed by atoms with Crippen LogP contribution in [-0.2, 0) is 4.74 Å². The van der Waals surface area contributed by atoms with Crippen molar-refractivity contribution in [3.05, 3.63) is 47.0 Å². The van der Waals surface area contributed by atoms with Gasteiger partial charge in [0.2, 0.25) is 0 Å². The number of hydrogen-bond donors (Lipinski definition) is 1. The van der Waals surface area contributed by atoms with Gasteiger partial charge in [-0.1, -0.05) is 18.2 Å². The molecule has 1 N–H and O–H groups in total. The van der Waals surface area contributed by atoms with Gasteiger partial charge in [-0.15, -0.1) is 0 Å². The van der Waals surface area contributed by atoms with E-state index in [1.165, 1.54) is 0 Å². The average molecular weight is 329 g/mol. The van der Waals surface area contributed by atoms with Gasteiger partial charge in [0.1, 0.15) is 5.69 Å². The normalized spacial score (nSPS) is 23.7. The quantitative estimate of drug-likeness (QED) is 0.862. The van der Waals surface area contributed by atoms with Crippen molar-refractivity contribution in [2.75, 3.05) is 26.3 Å². The van der Waals surface area contributed by atoms with E-state index < -0.39 is 0 Å². The standard InChI is InChI=1S/C17H19N3O2S/c21-15(19-8-6-17(11-19)7-9-22-12-17)14-10-18-16(23)20(14)13-4-2-1-3-5-13/h1-5,10H,6-9,11-12H2,(H,18,23). The second-order valence-electron chi connectivity index (χ2n) is 6.43. The smallest absolute Gasteiger partial charge is 0.272 e. The first-order valence-electron chi connectivity index (χ1n) is 7.91. The Morgan fingerprint density at radius 3 is 2.83 bits per heavy atom. The van der Waals surface area contributed by atoms with Crippen LogP contribution in [-0.4, -0.2) is 46.7 Å². The van der Waals surface area contributed by atoms with E-state index in [2.05, 4.69) is 4.98 Å². The predicted molar refractivity (Wildman–Crippen MR) is 89.3 cm³/mol. The highest BCUT2D eigenvalue weighted by Crippen LogP contribution is 2.38. The fraction of sp³-hybridized carbons (Fsp3) is 0.412. The molecule has 0 aliphatic carbocycles. The van der Waals surface area contributed by atoms with Crippen molar-refractivity contribution >= 4 is 18.1 Å². The predicted octanol–water partition coefficient (Wildman–Crippen LogP) is 2.79. The lowest BCUT2D eigenvalue weighted by Gasteiger charge is -2.22. The molecule has 1 aromatic carbocycles. The van der Waals surface area contributed by atoms with Crippen LogP contribution >= 0.6 is 12.2 Å². The summed E-state index contributed by atoms with van der Waals surface area (Å²) in [5.74, 6) is 0.0324. The number of amides is 1. The van der Waals surface area contributed by atoms with Gasteiger partial charge in [-0.25, -0.2) is 0 Å². The second kappa shape index (κ2) is 5.62. The maximum absolute atomic E-state index is 13.0. The van der Waals surface area contributed by atoms with Gasteiger partial charge in [0.15, 0.2) is 4.77 Å². The Labute approximate surface area is 139 Å². The minimum Gasteiger partial charge on any atom is -0.381 e. The van der Waals surface area contributed by atoms with Gasteiger partial charge in [-0.2, -0.15) is 0 Å². The molecular weight excluding hydrogens is 310 g/mol. The van der Waals surface area contributed by atoms with Gasteiger partial charge in [0.25, 0.3) is 5.91 Å². The van der Waals surface area contributed by atoms with Crippen LogP contribution in [0.5, 0.6) is 0 Å². The van der Waals surface area contributed by atoms with Crippen LogP contribution < -0.4 is 0 Å². The van der Waals surface area contributed by atoms with Crippen LogP contribution in [0.15, 0.2) is 36.5 Å². The number of nitrogens with one attached hydrogen (secondary N) is 1. The fourth-order valence-corrected chi connectivity index (χ4v) is 3.86. The molecule has 120 valence electrons. The Morgan fingerprint density at radius 1 is 1.26 bits per heavy atom. The summed E-state index contributed by atoms with van der Waals surface area (Å²) in [5.41, 5.74) is 1.66. The zero-order chi connectivity index (χ0) is 15.9. The van der Waals surface area contributed by atoms with E-state index in [9.17, 15) is 4.79 Å². The van der Waals surface area contributed by atoms with Gasteiger partial charge >= 0.3 is 0 Å². The van der Waals surface area contributed by atoms with E-state index in [1.54, 1.807) is 6.20 Å². The molecule has 3 heterocycles. The van der Waals surface area contributed by atoms with Gasteiger partial charge in [-0.3, -0.25) is 9.36 Å². The first kappa shape index (κ1) is 14.7. The third kappa shape index (κ3) is 2.52. The summed E-state index contributed by atoms with van der Waals surface area (Å²) in [6.07, 6.45) is 3.79. The first-order chi connectivity index (χ1) is 11.2. The SMILES string of the molecule is O=C(c1c[nH]c(=S)n1-c1ccccc1)N1CCC2(CCOC2)C1.